The second-order valence-corrected chi connectivity index (χ2v) is 7.03. The summed E-state index contributed by atoms with van der Waals surface area (Å²) in [5.41, 5.74) is 9.80. The molecule has 136 valence electrons. The lowest BCUT2D eigenvalue weighted by atomic mass is 9.86. The molecule has 27 heavy (non-hydrogen) atoms. The van der Waals surface area contributed by atoms with Crippen molar-refractivity contribution in [3.8, 4) is 22.9 Å². The molecule has 1 atom stereocenters. The maximum atomic E-state index is 7.65. The number of halogens is 1. The maximum Gasteiger partial charge on any atom is 0.241 e. The van der Waals surface area contributed by atoms with Crippen LogP contribution >= 0.6 is 15.9 Å². The molecule has 2 aromatic heterocycles. The molecule has 8 heteroatoms. The molecule has 4 rings (SSSR count). The van der Waals surface area contributed by atoms with Crippen LogP contribution in [0.25, 0.3) is 16.1 Å². The zero-order valence-electron chi connectivity index (χ0n) is 14.7. The molecule has 0 aliphatic carbocycles. The van der Waals surface area contributed by atoms with Gasteiger partial charge in [0.2, 0.25) is 11.6 Å². The Bertz CT molecular complexity index is 1110. The molecule has 0 amide bonds. The lowest BCUT2D eigenvalue weighted by Crippen LogP contribution is -2.20. The summed E-state index contributed by atoms with van der Waals surface area (Å²) in [6, 6.07) is 7.69. The molecule has 1 aromatic carbocycles. The number of hydrogen-bond donors (Lipinski definition) is 2. The van der Waals surface area contributed by atoms with Crippen LogP contribution in [-0.4, -0.2) is 21.9 Å². The second kappa shape index (κ2) is 6.52. The lowest BCUT2D eigenvalue weighted by molar-refractivity contribution is 0.378. The van der Waals surface area contributed by atoms with Crippen LogP contribution < -0.4 is 15.2 Å². The number of aryl methyl sites for hydroxylation is 1. The highest BCUT2D eigenvalue weighted by atomic mass is 79.9. The van der Waals surface area contributed by atoms with Crippen molar-refractivity contribution in [1.29, 1.82) is 0 Å². The van der Waals surface area contributed by atoms with Gasteiger partial charge in [0.1, 0.15) is 5.75 Å². The molecular weight excluding hydrogens is 410 g/mol. The number of aromatic amines is 1. The Morgan fingerprint density at radius 1 is 1.41 bits per heavy atom. The van der Waals surface area contributed by atoms with Gasteiger partial charge >= 0.3 is 0 Å². The van der Waals surface area contributed by atoms with Crippen LogP contribution in [0.2, 0.25) is 0 Å². The predicted octanol–water partition coefficient (Wildman–Crippen LogP) is 3.76. The van der Waals surface area contributed by atoms with E-state index in [-0.39, 0.29) is 5.88 Å². The Morgan fingerprint density at radius 2 is 2.22 bits per heavy atom. The van der Waals surface area contributed by atoms with Gasteiger partial charge in [-0.1, -0.05) is 6.07 Å². The Hall–Kier alpha value is -3.18. The van der Waals surface area contributed by atoms with Crippen molar-refractivity contribution in [3.05, 3.63) is 75.3 Å². The normalized spacial score (nSPS) is 15.9. The number of aromatic nitrogens is 3. The van der Waals surface area contributed by atoms with E-state index < -0.39 is 5.92 Å². The average molecular weight is 426 g/mol. The Balaban J connectivity index is 1.94. The Morgan fingerprint density at radius 3 is 2.85 bits per heavy atom. The van der Waals surface area contributed by atoms with Crippen LogP contribution in [0.15, 0.2) is 52.7 Å². The minimum absolute atomic E-state index is 0.0700. The highest BCUT2D eigenvalue weighted by molar-refractivity contribution is 9.10. The third-order valence-electron chi connectivity index (χ3n) is 4.54. The first-order chi connectivity index (χ1) is 13.0. The van der Waals surface area contributed by atoms with E-state index >= 15 is 0 Å². The SMILES string of the molecule is [C-]#[N+]C1=C(N)Oc2n[nH]c(-c3ccn(C)c3)c2C1c1ccc(OC)c(Br)c1. The fourth-order valence-electron chi connectivity index (χ4n) is 3.29. The fraction of sp³-hybridized carbons (Fsp3) is 0.158. The summed E-state index contributed by atoms with van der Waals surface area (Å²) in [4.78, 5) is 3.66. The summed E-state index contributed by atoms with van der Waals surface area (Å²) in [5.74, 6) is 0.765. The molecule has 3 N–H and O–H groups in total. The summed E-state index contributed by atoms with van der Waals surface area (Å²) in [5, 5.41) is 7.32. The summed E-state index contributed by atoms with van der Waals surface area (Å²) in [7, 11) is 3.56. The fourth-order valence-corrected chi connectivity index (χ4v) is 3.85. The van der Waals surface area contributed by atoms with E-state index in [1.165, 1.54) is 0 Å². The van der Waals surface area contributed by atoms with Gasteiger partial charge in [0, 0.05) is 30.6 Å². The first-order valence-electron chi connectivity index (χ1n) is 8.12. The van der Waals surface area contributed by atoms with Crippen molar-refractivity contribution >= 4 is 15.9 Å². The minimum atomic E-state index is -0.401. The number of methoxy groups -OCH3 is 1. The minimum Gasteiger partial charge on any atom is -0.496 e. The predicted molar refractivity (Wildman–Crippen MR) is 104 cm³/mol. The molecule has 7 nitrogen and oxygen atoms in total. The smallest absolute Gasteiger partial charge is 0.241 e. The third-order valence-corrected chi connectivity index (χ3v) is 5.16. The largest absolute Gasteiger partial charge is 0.496 e. The number of nitrogens with zero attached hydrogens (tertiary/aromatic N) is 3. The topological polar surface area (TPSA) is 82.5 Å². The van der Waals surface area contributed by atoms with E-state index in [1.54, 1.807) is 7.11 Å². The second-order valence-electron chi connectivity index (χ2n) is 6.17. The number of nitrogens with one attached hydrogen (secondary N) is 1. The van der Waals surface area contributed by atoms with E-state index in [0.717, 1.165) is 26.9 Å². The molecule has 0 saturated carbocycles. The van der Waals surface area contributed by atoms with Crippen molar-refractivity contribution in [2.75, 3.05) is 7.11 Å². The molecule has 3 heterocycles. The van der Waals surface area contributed by atoms with Crippen molar-refractivity contribution in [2.45, 2.75) is 5.92 Å². The van der Waals surface area contributed by atoms with Crippen molar-refractivity contribution in [1.82, 2.24) is 14.8 Å². The van der Waals surface area contributed by atoms with Crippen LogP contribution in [0.1, 0.15) is 17.0 Å². The molecule has 0 spiro atoms. The van der Waals surface area contributed by atoms with Gasteiger partial charge in [0.15, 0.2) is 5.88 Å². The van der Waals surface area contributed by atoms with Crippen LogP contribution in [-0.2, 0) is 7.05 Å². The van der Waals surface area contributed by atoms with Gasteiger partial charge < -0.3 is 19.8 Å². The number of allylic oxidation sites excluding steroid dienone is 1. The molecule has 1 aliphatic rings. The van der Waals surface area contributed by atoms with Crippen LogP contribution in [0.5, 0.6) is 11.6 Å². The third kappa shape index (κ3) is 2.76. The number of fused-ring (bicyclic) bond motifs is 1. The van der Waals surface area contributed by atoms with Crippen LogP contribution in [0, 0.1) is 6.57 Å². The zero-order valence-corrected chi connectivity index (χ0v) is 16.2. The number of ether oxygens (including phenoxy) is 2. The Kier molecular flexibility index (Phi) is 4.16. The molecule has 0 saturated heterocycles. The quantitative estimate of drug-likeness (QED) is 0.625. The van der Waals surface area contributed by atoms with E-state index in [0.29, 0.717) is 17.3 Å². The number of nitrogens with two attached hydrogens (primary N) is 1. The van der Waals surface area contributed by atoms with Gasteiger partial charge in [-0.05, 0) is 39.7 Å². The average Bonchev–Trinajstić information content (AvgIpc) is 3.26. The first-order valence-corrected chi connectivity index (χ1v) is 8.91. The van der Waals surface area contributed by atoms with E-state index in [2.05, 4.69) is 31.0 Å². The first kappa shape index (κ1) is 17.2. The van der Waals surface area contributed by atoms with Gasteiger partial charge in [0.05, 0.1) is 29.8 Å². The van der Waals surface area contributed by atoms with Crippen LogP contribution in [0.3, 0.4) is 0 Å². The van der Waals surface area contributed by atoms with Gasteiger partial charge in [-0.15, -0.1) is 5.10 Å². The molecule has 0 bridgehead atoms. The molecule has 1 aliphatic heterocycles. The maximum absolute atomic E-state index is 7.65. The summed E-state index contributed by atoms with van der Waals surface area (Å²) in [6.07, 6.45) is 3.93. The Labute approximate surface area is 164 Å². The highest BCUT2D eigenvalue weighted by Crippen LogP contribution is 2.47. The monoisotopic (exact) mass is 425 g/mol. The van der Waals surface area contributed by atoms with Crippen molar-refractivity contribution in [3.63, 3.8) is 0 Å². The number of H-pyrrole nitrogens is 1. The zero-order chi connectivity index (χ0) is 19.1. The molecule has 0 fully saturated rings. The highest BCUT2D eigenvalue weighted by Gasteiger charge is 2.36. The molecule has 1 unspecified atom stereocenters. The van der Waals surface area contributed by atoms with Gasteiger partial charge in [-0.2, -0.15) is 0 Å². The van der Waals surface area contributed by atoms with Gasteiger partial charge in [0.25, 0.3) is 0 Å². The summed E-state index contributed by atoms with van der Waals surface area (Å²) in [6.45, 7) is 7.65. The molecule has 3 aromatic rings. The van der Waals surface area contributed by atoms with Crippen molar-refractivity contribution in [2.24, 2.45) is 12.8 Å². The number of benzene rings is 1. The van der Waals surface area contributed by atoms with Gasteiger partial charge in [-0.3, -0.25) is 5.10 Å². The number of rotatable bonds is 3. The molecule has 0 radical (unpaired) electrons. The van der Waals surface area contributed by atoms with Crippen LogP contribution in [0.4, 0.5) is 0 Å². The van der Waals surface area contributed by atoms with E-state index in [9.17, 15) is 0 Å². The van der Waals surface area contributed by atoms with E-state index in [1.807, 2.05) is 48.3 Å². The number of hydrogen-bond acceptors (Lipinski definition) is 4. The summed E-state index contributed by atoms with van der Waals surface area (Å²) >= 11 is 3.52. The summed E-state index contributed by atoms with van der Waals surface area (Å²) < 4.78 is 13.7. The van der Waals surface area contributed by atoms with Crippen molar-refractivity contribution < 1.29 is 9.47 Å². The lowest BCUT2D eigenvalue weighted by Gasteiger charge is -2.24. The van der Waals surface area contributed by atoms with E-state index in [4.69, 9.17) is 21.8 Å². The standard InChI is InChI=1S/C19H16BrN5O2/c1-22-17-14(10-4-5-13(26-3)12(20)8-10)15-16(11-6-7-25(2)9-11)23-24-19(15)27-18(17)21/h4-9,14H,21H2,2-3H3,(H,23,24). The molecular formula is C19H16BrN5O2. The van der Waals surface area contributed by atoms with Gasteiger partial charge in [-0.25, -0.2) is 4.85 Å².